The maximum Gasteiger partial charge on any atom is 0.338 e. The molecule has 142 valence electrons. The number of benzene rings is 2. The first-order valence-electron chi connectivity index (χ1n) is 7.40. The third kappa shape index (κ3) is 6.83. The molecule has 27 heavy (non-hydrogen) atoms. The maximum absolute atomic E-state index is 11.0. The minimum Gasteiger partial charge on any atom is -0.504 e. The lowest BCUT2D eigenvalue weighted by Crippen LogP contribution is -2.07. The molecular weight excluding hydrogens is 356 g/mol. The fourth-order valence-corrected chi connectivity index (χ4v) is 1.49. The topological polar surface area (TPSA) is 134 Å². The van der Waals surface area contributed by atoms with Crippen LogP contribution >= 0.6 is 0 Å². The zero-order valence-corrected chi connectivity index (χ0v) is 14.4. The molecule has 0 aliphatic heterocycles. The van der Waals surface area contributed by atoms with Gasteiger partial charge in [-0.3, -0.25) is 0 Å². The molecule has 0 heterocycles. The molecule has 2 rings (SSSR count). The van der Waals surface area contributed by atoms with Gasteiger partial charge in [0.15, 0.2) is 23.0 Å². The summed E-state index contributed by atoms with van der Waals surface area (Å²) in [5.41, 5.74) is 0.262. The number of hydrogen-bond donors (Lipinski definition) is 4. The van der Waals surface area contributed by atoms with E-state index in [4.69, 9.17) is 25.2 Å². The Kier molecular flexibility index (Phi) is 7.44. The zero-order chi connectivity index (χ0) is 20.6. The molecule has 0 aliphatic carbocycles. The molecular formula is C19H18O8. The van der Waals surface area contributed by atoms with Gasteiger partial charge in [0.05, 0.1) is 0 Å². The minimum atomic E-state index is -0.620. The van der Waals surface area contributed by atoms with Crippen molar-refractivity contribution in [2.75, 3.05) is 0 Å². The number of esters is 2. The number of carbonyl (C=O) groups excluding carboxylic acids is 2. The fourth-order valence-electron chi connectivity index (χ4n) is 1.49. The maximum atomic E-state index is 11.0. The lowest BCUT2D eigenvalue weighted by atomic mass is 10.3. The van der Waals surface area contributed by atoms with E-state index in [-0.39, 0.29) is 40.1 Å². The second kappa shape index (κ2) is 9.52. The highest BCUT2D eigenvalue weighted by Gasteiger charge is 2.07. The van der Waals surface area contributed by atoms with Gasteiger partial charge >= 0.3 is 11.9 Å². The van der Waals surface area contributed by atoms with E-state index in [1.54, 1.807) is 0 Å². The van der Waals surface area contributed by atoms with Crippen molar-refractivity contribution in [2.24, 2.45) is 0 Å². The van der Waals surface area contributed by atoms with E-state index in [0.29, 0.717) is 0 Å². The largest absolute Gasteiger partial charge is 0.504 e. The fraction of sp³-hybridized carbons (Fsp3) is 0.0526. The molecule has 8 heteroatoms. The predicted molar refractivity (Wildman–Crippen MR) is 95.8 cm³/mol. The molecule has 0 aliphatic rings. The zero-order valence-electron chi connectivity index (χ0n) is 14.4. The second-order valence-electron chi connectivity index (χ2n) is 5.10. The summed E-state index contributed by atoms with van der Waals surface area (Å²) in [7, 11) is 0. The van der Waals surface area contributed by atoms with Gasteiger partial charge in [-0.15, -0.1) is 0 Å². The first kappa shape index (κ1) is 21.1. The Morgan fingerprint density at radius 3 is 1.67 bits per heavy atom. The molecule has 0 spiro atoms. The monoisotopic (exact) mass is 374 g/mol. The summed E-state index contributed by atoms with van der Waals surface area (Å²) in [6.07, 6.45) is 1.00. The molecule has 0 aromatic heterocycles. The van der Waals surface area contributed by atoms with Crippen molar-refractivity contribution >= 4 is 11.9 Å². The number of carbonyl (C=O) groups is 2. The van der Waals surface area contributed by atoms with Crippen molar-refractivity contribution in [3.63, 3.8) is 0 Å². The van der Waals surface area contributed by atoms with Crippen LogP contribution in [0.15, 0.2) is 61.2 Å². The van der Waals surface area contributed by atoms with Gasteiger partial charge in [-0.25, -0.2) is 9.59 Å². The van der Waals surface area contributed by atoms with Crippen molar-refractivity contribution in [1.82, 2.24) is 0 Å². The van der Waals surface area contributed by atoms with Crippen LogP contribution in [-0.4, -0.2) is 32.4 Å². The highest BCUT2D eigenvalue weighted by atomic mass is 16.5. The van der Waals surface area contributed by atoms with Crippen molar-refractivity contribution < 1.29 is 39.5 Å². The molecule has 0 saturated carbocycles. The normalized spacial score (nSPS) is 9.37. The summed E-state index contributed by atoms with van der Waals surface area (Å²) >= 11 is 0. The summed E-state index contributed by atoms with van der Waals surface area (Å²) in [4.78, 5) is 21.7. The number of phenolic OH excluding ortho intramolecular Hbond substituents is 4. The standard InChI is InChI=1S/C10H10O4.C9H8O4/c1-6(2)10(13)14-7-3-4-8(11)9(12)5-7;1-2-9(12)13-6-3-4-7(10)8(11)5-6/h3-5,11-12H,1H2,2H3;2-5,10-11H,1H2. The molecule has 8 nitrogen and oxygen atoms in total. The average molecular weight is 374 g/mol. The Balaban J connectivity index is 0.000000271. The Morgan fingerprint density at radius 2 is 1.30 bits per heavy atom. The van der Waals surface area contributed by atoms with Crippen LogP contribution in [0.5, 0.6) is 34.5 Å². The number of hydrogen-bond acceptors (Lipinski definition) is 8. The van der Waals surface area contributed by atoms with Crippen LogP contribution in [-0.2, 0) is 9.59 Å². The van der Waals surface area contributed by atoms with E-state index < -0.39 is 11.9 Å². The Bertz CT molecular complexity index is 870. The summed E-state index contributed by atoms with van der Waals surface area (Å²) in [5, 5.41) is 36.0. The quantitative estimate of drug-likeness (QED) is 0.278. The molecule has 4 N–H and O–H groups in total. The highest BCUT2D eigenvalue weighted by molar-refractivity contribution is 5.88. The first-order chi connectivity index (χ1) is 12.6. The summed E-state index contributed by atoms with van der Waals surface area (Å²) < 4.78 is 9.47. The lowest BCUT2D eigenvalue weighted by Gasteiger charge is -2.04. The first-order valence-corrected chi connectivity index (χ1v) is 7.40. The van der Waals surface area contributed by atoms with Gasteiger partial charge in [-0.1, -0.05) is 13.2 Å². The smallest absolute Gasteiger partial charge is 0.338 e. The van der Waals surface area contributed by atoms with Crippen molar-refractivity contribution in [3.8, 4) is 34.5 Å². The third-order valence-electron chi connectivity index (χ3n) is 2.84. The van der Waals surface area contributed by atoms with Gasteiger partial charge in [0.2, 0.25) is 0 Å². The van der Waals surface area contributed by atoms with Gasteiger partial charge in [-0.2, -0.15) is 0 Å². The van der Waals surface area contributed by atoms with E-state index in [2.05, 4.69) is 17.9 Å². The molecule has 0 saturated heterocycles. The Labute approximate surface area is 154 Å². The van der Waals surface area contributed by atoms with Crippen molar-refractivity contribution in [3.05, 3.63) is 61.2 Å². The van der Waals surface area contributed by atoms with Gasteiger partial charge in [0, 0.05) is 23.8 Å². The Morgan fingerprint density at radius 1 is 0.852 bits per heavy atom. The molecule has 0 amide bonds. The van der Waals surface area contributed by atoms with Gasteiger partial charge in [-0.05, 0) is 31.2 Å². The van der Waals surface area contributed by atoms with E-state index in [1.807, 2.05) is 0 Å². The van der Waals surface area contributed by atoms with Gasteiger partial charge in [0.25, 0.3) is 0 Å². The molecule has 0 fully saturated rings. The number of aromatic hydroxyl groups is 4. The van der Waals surface area contributed by atoms with Crippen LogP contribution in [0.2, 0.25) is 0 Å². The molecule has 2 aromatic rings. The average Bonchev–Trinajstić information content (AvgIpc) is 2.61. The van der Waals surface area contributed by atoms with E-state index in [0.717, 1.165) is 18.2 Å². The van der Waals surface area contributed by atoms with Crippen LogP contribution in [0.25, 0.3) is 0 Å². The second-order valence-corrected chi connectivity index (χ2v) is 5.10. The summed E-state index contributed by atoms with van der Waals surface area (Å²) in [6, 6.07) is 7.47. The molecule has 0 radical (unpaired) electrons. The molecule has 0 atom stereocenters. The van der Waals surface area contributed by atoms with E-state index in [9.17, 15) is 9.59 Å². The van der Waals surface area contributed by atoms with Crippen molar-refractivity contribution in [1.29, 1.82) is 0 Å². The molecule has 2 aromatic carbocycles. The molecule has 0 unspecified atom stereocenters. The van der Waals surface area contributed by atoms with Crippen LogP contribution < -0.4 is 9.47 Å². The number of rotatable bonds is 4. The summed E-state index contributed by atoms with van der Waals surface area (Å²) in [6.45, 7) is 8.13. The van der Waals surface area contributed by atoms with E-state index in [1.165, 1.54) is 31.2 Å². The Hall–Kier alpha value is -3.94. The van der Waals surface area contributed by atoms with Crippen LogP contribution in [0.4, 0.5) is 0 Å². The molecule has 0 bridgehead atoms. The number of ether oxygens (including phenoxy) is 2. The summed E-state index contributed by atoms with van der Waals surface area (Å²) in [5.74, 6) is -2.08. The van der Waals surface area contributed by atoms with Crippen molar-refractivity contribution in [2.45, 2.75) is 6.92 Å². The van der Waals surface area contributed by atoms with Gasteiger partial charge < -0.3 is 29.9 Å². The van der Waals surface area contributed by atoms with Crippen LogP contribution in [0.3, 0.4) is 0 Å². The minimum absolute atomic E-state index is 0.153. The van der Waals surface area contributed by atoms with Crippen LogP contribution in [0, 0.1) is 0 Å². The van der Waals surface area contributed by atoms with Gasteiger partial charge in [0.1, 0.15) is 11.5 Å². The van der Waals surface area contributed by atoms with E-state index >= 15 is 0 Å². The number of phenols is 4. The SMILES string of the molecule is C=C(C)C(=O)Oc1ccc(O)c(O)c1.C=CC(=O)Oc1ccc(O)c(O)c1. The van der Waals surface area contributed by atoms with Crippen LogP contribution in [0.1, 0.15) is 6.92 Å². The predicted octanol–water partition coefficient (Wildman–Crippen LogP) is 2.77. The third-order valence-corrected chi connectivity index (χ3v) is 2.84. The highest BCUT2D eigenvalue weighted by Crippen LogP contribution is 2.29. The lowest BCUT2D eigenvalue weighted by molar-refractivity contribution is -0.130.